The molecule has 0 fully saturated rings. The van der Waals surface area contributed by atoms with Crippen LogP contribution in [0.15, 0.2) is 12.2 Å². The van der Waals surface area contributed by atoms with E-state index in [9.17, 15) is 4.79 Å². The van der Waals surface area contributed by atoms with Crippen LogP contribution in [0.2, 0.25) is 0 Å². The number of unbranched alkanes of at least 4 members (excludes halogenated alkanes) is 5. The van der Waals surface area contributed by atoms with Crippen molar-refractivity contribution in [3.8, 4) is 0 Å². The van der Waals surface area contributed by atoms with Crippen molar-refractivity contribution in [2.45, 2.75) is 97.9 Å². The van der Waals surface area contributed by atoms with Crippen LogP contribution < -0.4 is 0 Å². The van der Waals surface area contributed by atoms with E-state index >= 15 is 0 Å². The van der Waals surface area contributed by atoms with Gasteiger partial charge in [-0.2, -0.15) is 0 Å². The fourth-order valence-corrected chi connectivity index (χ4v) is 3.17. The van der Waals surface area contributed by atoms with Crippen LogP contribution in [0, 0.1) is 0 Å². The highest BCUT2D eigenvalue weighted by Crippen LogP contribution is 2.16. The second-order valence-corrected chi connectivity index (χ2v) is 6.92. The average molecular weight is 340 g/mol. The zero-order valence-corrected chi connectivity index (χ0v) is 16.7. The highest BCUT2D eigenvalue weighted by atomic mass is 16.5. The van der Waals surface area contributed by atoms with Crippen molar-refractivity contribution in [2.75, 3.05) is 19.7 Å². The molecular formula is C21H41NO2. The number of rotatable bonds is 16. The summed E-state index contributed by atoms with van der Waals surface area (Å²) in [6.45, 7) is 15.2. The Morgan fingerprint density at radius 2 is 1.50 bits per heavy atom. The molecule has 3 heteroatoms. The molecule has 0 N–H and O–H groups in total. The molecule has 0 amide bonds. The van der Waals surface area contributed by atoms with Crippen LogP contribution in [0.3, 0.4) is 0 Å². The Labute approximate surface area is 150 Å². The van der Waals surface area contributed by atoms with E-state index in [1.807, 2.05) is 0 Å². The minimum Gasteiger partial charge on any atom is -0.462 e. The zero-order chi connectivity index (χ0) is 18.2. The molecule has 0 heterocycles. The van der Waals surface area contributed by atoms with Gasteiger partial charge in [0.25, 0.3) is 0 Å². The fraction of sp³-hybridized carbons (Fsp3) is 0.857. The van der Waals surface area contributed by atoms with Gasteiger partial charge in [-0.3, -0.25) is 0 Å². The van der Waals surface area contributed by atoms with Gasteiger partial charge in [-0.15, -0.1) is 0 Å². The molecule has 1 unspecified atom stereocenters. The lowest BCUT2D eigenvalue weighted by Gasteiger charge is -2.30. The predicted molar refractivity (Wildman–Crippen MR) is 104 cm³/mol. The molecule has 24 heavy (non-hydrogen) atoms. The molecule has 0 aliphatic carbocycles. The molecule has 1 atom stereocenters. The van der Waals surface area contributed by atoms with E-state index in [2.05, 4.69) is 32.3 Å². The van der Waals surface area contributed by atoms with E-state index < -0.39 is 0 Å². The van der Waals surface area contributed by atoms with Gasteiger partial charge in [0.15, 0.2) is 0 Å². The SMILES string of the molecule is C=C(C)C(=O)OCCCCCCCCC(CC)N(CCC)CCC. The van der Waals surface area contributed by atoms with E-state index in [1.54, 1.807) is 6.92 Å². The van der Waals surface area contributed by atoms with Crippen molar-refractivity contribution in [3.63, 3.8) is 0 Å². The van der Waals surface area contributed by atoms with Crippen molar-refractivity contribution in [1.82, 2.24) is 4.90 Å². The van der Waals surface area contributed by atoms with Gasteiger partial charge in [-0.05, 0) is 52.1 Å². The van der Waals surface area contributed by atoms with Crippen LogP contribution in [0.4, 0.5) is 0 Å². The highest BCUT2D eigenvalue weighted by Gasteiger charge is 2.14. The number of hydrogen-bond donors (Lipinski definition) is 0. The van der Waals surface area contributed by atoms with Crippen LogP contribution in [0.1, 0.15) is 91.9 Å². The lowest BCUT2D eigenvalue weighted by Crippen LogP contribution is -2.36. The van der Waals surface area contributed by atoms with Crippen LogP contribution in [-0.2, 0) is 9.53 Å². The lowest BCUT2D eigenvalue weighted by molar-refractivity contribution is -0.139. The van der Waals surface area contributed by atoms with Gasteiger partial charge in [0.2, 0.25) is 0 Å². The molecule has 0 saturated heterocycles. The molecule has 0 aromatic heterocycles. The van der Waals surface area contributed by atoms with Gasteiger partial charge in [-0.1, -0.05) is 59.5 Å². The number of carbonyl (C=O) groups is 1. The molecule has 0 saturated carbocycles. The second-order valence-electron chi connectivity index (χ2n) is 6.92. The van der Waals surface area contributed by atoms with Gasteiger partial charge in [-0.25, -0.2) is 4.79 Å². The van der Waals surface area contributed by atoms with E-state index in [0.29, 0.717) is 12.2 Å². The maximum atomic E-state index is 11.2. The first-order chi connectivity index (χ1) is 11.6. The van der Waals surface area contributed by atoms with Gasteiger partial charge in [0.1, 0.15) is 0 Å². The maximum Gasteiger partial charge on any atom is 0.333 e. The number of carbonyl (C=O) groups excluding carboxylic acids is 1. The monoisotopic (exact) mass is 339 g/mol. The van der Waals surface area contributed by atoms with Crippen LogP contribution in [0.5, 0.6) is 0 Å². The van der Waals surface area contributed by atoms with Gasteiger partial charge >= 0.3 is 5.97 Å². The first-order valence-corrected chi connectivity index (χ1v) is 10.1. The summed E-state index contributed by atoms with van der Waals surface area (Å²) in [7, 11) is 0. The van der Waals surface area contributed by atoms with Crippen molar-refractivity contribution >= 4 is 5.97 Å². The molecule has 0 rings (SSSR count). The van der Waals surface area contributed by atoms with Crippen molar-refractivity contribution < 1.29 is 9.53 Å². The van der Waals surface area contributed by atoms with E-state index in [0.717, 1.165) is 18.9 Å². The number of nitrogens with zero attached hydrogens (tertiary/aromatic N) is 1. The number of esters is 1. The number of ether oxygens (including phenoxy) is 1. The molecule has 0 spiro atoms. The summed E-state index contributed by atoms with van der Waals surface area (Å²) in [4.78, 5) is 13.9. The highest BCUT2D eigenvalue weighted by molar-refractivity contribution is 5.86. The van der Waals surface area contributed by atoms with Gasteiger partial charge < -0.3 is 9.64 Å². The zero-order valence-electron chi connectivity index (χ0n) is 16.7. The first kappa shape index (κ1) is 23.2. The Kier molecular flexibility index (Phi) is 15.1. The summed E-state index contributed by atoms with van der Waals surface area (Å²) in [5.41, 5.74) is 0.487. The Morgan fingerprint density at radius 3 is 2.00 bits per heavy atom. The van der Waals surface area contributed by atoms with Crippen molar-refractivity contribution in [3.05, 3.63) is 12.2 Å². The topological polar surface area (TPSA) is 29.5 Å². The maximum absolute atomic E-state index is 11.2. The third kappa shape index (κ3) is 11.7. The van der Waals surface area contributed by atoms with Crippen molar-refractivity contribution in [2.24, 2.45) is 0 Å². The Balaban J connectivity index is 3.65. The van der Waals surface area contributed by atoms with E-state index in [1.165, 1.54) is 64.5 Å². The third-order valence-corrected chi connectivity index (χ3v) is 4.52. The minimum absolute atomic E-state index is 0.260. The molecule has 0 radical (unpaired) electrons. The summed E-state index contributed by atoms with van der Waals surface area (Å²) in [6, 6.07) is 0.770. The molecule has 0 bridgehead atoms. The normalized spacial score (nSPS) is 12.4. The Bertz CT molecular complexity index is 322. The Hall–Kier alpha value is -0.830. The molecule has 142 valence electrons. The van der Waals surface area contributed by atoms with Gasteiger partial charge in [0.05, 0.1) is 6.61 Å². The summed E-state index contributed by atoms with van der Waals surface area (Å²) >= 11 is 0. The molecule has 0 aromatic carbocycles. The minimum atomic E-state index is -0.260. The molecule has 3 nitrogen and oxygen atoms in total. The fourth-order valence-electron chi connectivity index (χ4n) is 3.17. The predicted octanol–water partition coefficient (Wildman–Crippen LogP) is 5.74. The quantitative estimate of drug-likeness (QED) is 0.204. The smallest absolute Gasteiger partial charge is 0.333 e. The van der Waals surface area contributed by atoms with Crippen LogP contribution in [0.25, 0.3) is 0 Å². The summed E-state index contributed by atoms with van der Waals surface area (Å²) in [5.74, 6) is -0.260. The Morgan fingerprint density at radius 1 is 0.958 bits per heavy atom. The molecule has 0 aliphatic rings. The largest absolute Gasteiger partial charge is 0.462 e. The molecule has 0 aromatic rings. The molecule has 0 aliphatic heterocycles. The molecular weight excluding hydrogens is 298 g/mol. The van der Waals surface area contributed by atoms with E-state index in [-0.39, 0.29) is 5.97 Å². The first-order valence-electron chi connectivity index (χ1n) is 10.1. The average Bonchev–Trinajstić information content (AvgIpc) is 2.56. The summed E-state index contributed by atoms with van der Waals surface area (Å²) < 4.78 is 5.11. The summed E-state index contributed by atoms with van der Waals surface area (Å²) in [6.07, 6.45) is 12.5. The standard InChI is InChI=1S/C21H41NO2/c1-6-16-22(17-7-2)20(8-3)15-13-11-9-10-12-14-18-24-21(23)19(4)5/h20H,4,6-18H2,1-3,5H3. The van der Waals surface area contributed by atoms with E-state index in [4.69, 9.17) is 4.74 Å². The van der Waals surface area contributed by atoms with Crippen LogP contribution in [-0.4, -0.2) is 36.6 Å². The summed E-state index contributed by atoms with van der Waals surface area (Å²) in [5, 5.41) is 0. The van der Waals surface area contributed by atoms with Crippen LogP contribution >= 0.6 is 0 Å². The second kappa shape index (κ2) is 15.7. The third-order valence-electron chi connectivity index (χ3n) is 4.52. The number of hydrogen-bond acceptors (Lipinski definition) is 3. The van der Waals surface area contributed by atoms with Crippen molar-refractivity contribution in [1.29, 1.82) is 0 Å². The lowest BCUT2D eigenvalue weighted by atomic mass is 10.0. The van der Waals surface area contributed by atoms with Gasteiger partial charge in [0, 0.05) is 11.6 Å².